The summed E-state index contributed by atoms with van der Waals surface area (Å²) in [7, 11) is 3.27. The number of rotatable bonds is 6. The molecule has 0 saturated heterocycles. The molecule has 1 aromatic carbocycles. The molecule has 0 aliphatic carbocycles. The molecule has 1 unspecified atom stereocenters. The summed E-state index contributed by atoms with van der Waals surface area (Å²) < 4.78 is 10.3. The van der Waals surface area contributed by atoms with Gasteiger partial charge in [-0.25, -0.2) is 0 Å². The van der Waals surface area contributed by atoms with Gasteiger partial charge in [-0.05, 0) is 31.3 Å². The highest BCUT2D eigenvalue weighted by molar-refractivity contribution is 7.80. The molecule has 106 valence electrons. The third-order valence-corrected chi connectivity index (χ3v) is 3.13. The molecule has 2 N–H and O–H groups in total. The number of ether oxygens (including phenoxy) is 2. The first kappa shape index (κ1) is 16.0. The Labute approximate surface area is 124 Å². The van der Waals surface area contributed by atoms with E-state index in [0.717, 1.165) is 11.3 Å². The van der Waals surface area contributed by atoms with Gasteiger partial charge in [-0.3, -0.25) is 0 Å². The third kappa shape index (κ3) is 5.22. The van der Waals surface area contributed by atoms with E-state index in [9.17, 15) is 0 Å². The summed E-state index contributed by atoms with van der Waals surface area (Å²) in [6, 6.07) is 5.69. The van der Waals surface area contributed by atoms with Gasteiger partial charge in [0.15, 0.2) is 5.11 Å². The summed E-state index contributed by atoms with van der Waals surface area (Å²) in [5.41, 5.74) is 0.884. The average Bonchev–Trinajstić information content (AvgIpc) is 2.37. The van der Waals surface area contributed by atoms with E-state index in [1.807, 2.05) is 25.1 Å². The van der Waals surface area contributed by atoms with Crippen LogP contribution in [-0.2, 0) is 11.3 Å². The third-order valence-electron chi connectivity index (χ3n) is 2.52. The average molecular weight is 303 g/mol. The highest BCUT2D eigenvalue weighted by atomic mass is 35.5. The van der Waals surface area contributed by atoms with E-state index in [-0.39, 0.29) is 6.04 Å². The van der Waals surface area contributed by atoms with Crippen LogP contribution in [0.3, 0.4) is 0 Å². The Balaban J connectivity index is 2.55. The maximum atomic E-state index is 6.14. The minimum atomic E-state index is 0.151. The Morgan fingerprint density at radius 3 is 2.79 bits per heavy atom. The van der Waals surface area contributed by atoms with E-state index in [4.69, 9.17) is 33.3 Å². The molecule has 0 radical (unpaired) electrons. The number of benzene rings is 1. The summed E-state index contributed by atoms with van der Waals surface area (Å²) in [4.78, 5) is 0. The van der Waals surface area contributed by atoms with Crippen molar-refractivity contribution in [2.45, 2.75) is 19.5 Å². The minimum Gasteiger partial charge on any atom is -0.496 e. The summed E-state index contributed by atoms with van der Waals surface area (Å²) in [6.45, 7) is 3.10. The summed E-state index contributed by atoms with van der Waals surface area (Å²) in [5, 5.41) is 7.44. The van der Waals surface area contributed by atoms with Crippen LogP contribution in [0.1, 0.15) is 12.5 Å². The van der Waals surface area contributed by atoms with Crippen molar-refractivity contribution >= 4 is 28.9 Å². The molecule has 0 aliphatic heterocycles. The van der Waals surface area contributed by atoms with E-state index in [1.54, 1.807) is 14.2 Å². The molecule has 0 saturated carbocycles. The minimum absolute atomic E-state index is 0.151. The highest BCUT2D eigenvalue weighted by Crippen LogP contribution is 2.25. The van der Waals surface area contributed by atoms with Gasteiger partial charge in [-0.2, -0.15) is 0 Å². The molecule has 1 atom stereocenters. The zero-order valence-electron chi connectivity index (χ0n) is 11.3. The number of halogens is 1. The quantitative estimate of drug-likeness (QED) is 0.790. The van der Waals surface area contributed by atoms with Crippen molar-refractivity contribution < 1.29 is 9.47 Å². The van der Waals surface area contributed by atoms with Crippen LogP contribution in [0.15, 0.2) is 18.2 Å². The van der Waals surface area contributed by atoms with Crippen molar-refractivity contribution in [3.05, 3.63) is 28.8 Å². The van der Waals surface area contributed by atoms with Gasteiger partial charge in [-0.15, -0.1) is 0 Å². The van der Waals surface area contributed by atoms with Crippen molar-refractivity contribution in [2.24, 2.45) is 0 Å². The van der Waals surface area contributed by atoms with Crippen molar-refractivity contribution in [3.8, 4) is 5.75 Å². The molecule has 6 heteroatoms. The van der Waals surface area contributed by atoms with Crippen LogP contribution in [0, 0.1) is 0 Å². The van der Waals surface area contributed by atoms with Crippen molar-refractivity contribution in [1.29, 1.82) is 0 Å². The Morgan fingerprint density at radius 1 is 1.42 bits per heavy atom. The van der Waals surface area contributed by atoms with Crippen LogP contribution >= 0.6 is 23.8 Å². The molecule has 0 spiro atoms. The maximum absolute atomic E-state index is 6.14. The predicted molar refractivity (Wildman–Crippen MR) is 81.9 cm³/mol. The van der Waals surface area contributed by atoms with E-state index < -0.39 is 0 Å². The summed E-state index contributed by atoms with van der Waals surface area (Å²) in [6.07, 6.45) is 0. The van der Waals surface area contributed by atoms with Gasteiger partial charge in [0.05, 0.1) is 13.7 Å². The first-order valence-electron chi connectivity index (χ1n) is 5.93. The van der Waals surface area contributed by atoms with Crippen LogP contribution in [0.4, 0.5) is 0 Å². The van der Waals surface area contributed by atoms with Crippen molar-refractivity contribution in [1.82, 2.24) is 10.6 Å². The lowest BCUT2D eigenvalue weighted by Crippen LogP contribution is -2.42. The monoisotopic (exact) mass is 302 g/mol. The highest BCUT2D eigenvalue weighted by Gasteiger charge is 2.09. The fourth-order valence-electron chi connectivity index (χ4n) is 1.64. The molecule has 0 aromatic heterocycles. The first-order chi connectivity index (χ1) is 9.08. The van der Waals surface area contributed by atoms with E-state index in [0.29, 0.717) is 23.3 Å². The maximum Gasteiger partial charge on any atom is 0.166 e. The van der Waals surface area contributed by atoms with Crippen LogP contribution in [0.25, 0.3) is 0 Å². The van der Waals surface area contributed by atoms with Crippen LogP contribution in [-0.4, -0.2) is 32.0 Å². The van der Waals surface area contributed by atoms with Gasteiger partial charge in [0.1, 0.15) is 5.75 Å². The Morgan fingerprint density at radius 2 is 2.16 bits per heavy atom. The fourth-order valence-corrected chi connectivity index (χ4v) is 2.14. The van der Waals surface area contributed by atoms with Crippen molar-refractivity contribution in [3.63, 3.8) is 0 Å². The number of nitrogens with one attached hydrogen (secondary N) is 2. The van der Waals surface area contributed by atoms with Gasteiger partial charge in [-0.1, -0.05) is 17.7 Å². The lowest BCUT2D eigenvalue weighted by molar-refractivity contribution is 0.179. The molecular formula is C13H19ClN2O2S. The van der Waals surface area contributed by atoms with Crippen molar-refractivity contribution in [2.75, 3.05) is 20.8 Å². The lowest BCUT2D eigenvalue weighted by atomic mass is 10.2. The van der Waals surface area contributed by atoms with E-state index in [1.165, 1.54) is 0 Å². The summed E-state index contributed by atoms with van der Waals surface area (Å²) >= 11 is 11.3. The second kappa shape index (κ2) is 8.19. The molecule has 1 rings (SSSR count). The zero-order chi connectivity index (χ0) is 14.3. The summed E-state index contributed by atoms with van der Waals surface area (Å²) in [5.74, 6) is 0.743. The van der Waals surface area contributed by atoms with Gasteiger partial charge in [0.25, 0.3) is 0 Å². The van der Waals surface area contributed by atoms with E-state index >= 15 is 0 Å². The van der Waals surface area contributed by atoms with Gasteiger partial charge in [0, 0.05) is 30.3 Å². The molecule has 1 aromatic rings. The SMILES string of the molecule is COCC(C)NC(=S)NCc1c(Cl)cccc1OC. The molecule has 0 bridgehead atoms. The van der Waals surface area contributed by atoms with Crippen LogP contribution in [0.2, 0.25) is 5.02 Å². The molecule has 4 nitrogen and oxygen atoms in total. The largest absolute Gasteiger partial charge is 0.496 e. The lowest BCUT2D eigenvalue weighted by Gasteiger charge is -2.17. The number of hydrogen-bond acceptors (Lipinski definition) is 3. The van der Waals surface area contributed by atoms with Crippen LogP contribution < -0.4 is 15.4 Å². The molecular weight excluding hydrogens is 284 g/mol. The fraction of sp³-hybridized carbons (Fsp3) is 0.462. The molecule has 0 aliphatic rings. The molecule has 0 heterocycles. The standard InChI is InChI=1S/C13H19ClN2O2S/c1-9(8-17-2)16-13(19)15-7-10-11(14)5-4-6-12(10)18-3/h4-6,9H,7-8H2,1-3H3,(H2,15,16,19). The van der Waals surface area contributed by atoms with E-state index in [2.05, 4.69) is 10.6 Å². The molecule has 0 fully saturated rings. The van der Waals surface area contributed by atoms with Crippen LogP contribution in [0.5, 0.6) is 5.75 Å². The predicted octanol–water partition coefficient (Wildman–Crippen LogP) is 2.35. The molecule has 0 amide bonds. The Kier molecular flexibility index (Phi) is 6.91. The number of methoxy groups -OCH3 is 2. The number of hydrogen-bond donors (Lipinski definition) is 2. The second-order valence-electron chi connectivity index (χ2n) is 4.10. The molecule has 19 heavy (non-hydrogen) atoms. The van der Waals surface area contributed by atoms with Gasteiger partial charge >= 0.3 is 0 Å². The zero-order valence-corrected chi connectivity index (χ0v) is 12.9. The normalized spacial score (nSPS) is 11.8. The van der Waals surface area contributed by atoms with Gasteiger partial charge < -0.3 is 20.1 Å². The smallest absolute Gasteiger partial charge is 0.166 e. The van der Waals surface area contributed by atoms with Gasteiger partial charge in [0.2, 0.25) is 0 Å². The second-order valence-corrected chi connectivity index (χ2v) is 4.92. The Hall–Kier alpha value is -1.04. The topological polar surface area (TPSA) is 42.5 Å². The Bertz CT molecular complexity index is 429. The first-order valence-corrected chi connectivity index (χ1v) is 6.71. The number of thiocarbonyl (C=S) groups is 1.